The predicted octanol–water partition coefficient (Wildman–Crippen LogP) is 2.78. The summed E-state index contributed by atoms with van der Waals surface area (Å²) in [5.74, 6) is -0.729. The number of sulfonamides is 1. The molecule has 0 saturated carbocycles. The molecule has 3 rings (SSSR count). The Morgan fingerprint density at radius 3 is 2.46 bits per heavy atom. The molecule has 1 N–H and O–H groups in total. The van der Waals surface area contributed by atoms with Crippen molar-refractivity contribution in [2.24, 2.45) is 0 Å². The van der Waals surface area contributed by atoms with Crippen molar-refractivity contribution in [1.29, 1.82) is 0 Å². The van der Waals surface area contributed by atoms with E-state index in [0.717, 1.165) is 6.07 Å². The summed E-state index contributed by atoms with van der Waals surface area (Å²) in [6.45, 7) is 2.21. The minimum Gasteiger partial charge on any atom is -0.486 e. The van der Waals surface area contributed by atoms with Crippen LogP contribution in [0.5, 0.6) is 11.5 Å². The number of ether oxygens (including phenoxy) is 2. The Morgan fingerprint density at radius 2 is 1.75 bits per heavy atom. The van der Waals surface area contributed by atoms with Gasteiger partial charge >= 0.3 is 0 Å². The highest BCUT2D eigenvalue weighted by atomic mass is 32.2. The lowest BCUT2D eigenvalue weighted by Gasteiger charge is -2.20. The predicted molar refractivity (Wildman–Crippen MR) is 82.5 cm³/mol. The maximum atomic E-state index is 13.8. The topological polar surface area (TPSA) is 64.6 Å². The zero-order chi connectivity index (χ0) is 17.3. The fourth-order valence-electron chi connectivity index (χ4n) is 2.41. The summed E-state index contributed by atoms with van der Waals surface area (Å²) in [7, 11) is -3.91. The SMILES string of the molecule is C[C@@H](NS(=O)(=O)c1ccc2c(c1)OCCO2)c1ccc(F)cc1F. The molecular weight excluding hydrogens is 340 g/mol. The number of benzene rings is 2. The molecular formula is C16H15F2NO4S. The molecule has 1 heterocycles. The third kappa shape index (κ3) is 3.34. The van der Waals surface area contributed by atoms with Crippen LogP contribution in [-0.4, -0.2) is 21.6 Å². The smallest absolute Gasteiger partial charge is 0.241 e. The molecule has 0 aliphatic carbocycles. The van der Waals surface area contributed by atoms with Crippen LogP contribution in [0.1, 0.15) is 18.5 Å². The van der Waals surface area contributed by atoms with Crippen LogP contribution in [-0.2, 0) is 10.0 Å². The van der Waals surface area contributed by atoms with Crippen molar-refractivity contribution >= 4 is 10.0 Å². The minimum absolute atomic E-state index is 0.0267. The van der Waals surface area contributed by atoms with E-state index in [2.05, 4.69) is 4.72 Å². The monoisotopic (exact) mass is 355 g/mol. The molecule has 128 valence electrons. The fourth-order valence-corrected chi connectivity index (χ4v) is 3.65. The van der Waals surface area contributed by atoms with E-state index >= 15 is 0 Å². The molecule has 2 aromatic carbocycles. The highest BCUT2D eigenvalue weighted by molar-refractivity contribution is 7.89. The van der Waals surface area contributed by atoms with Gasteiger partial charge in [-0.05, 0) is 25.1 Å². The Morgan fingerprint density at radius 1 is 1.04 bits per heavy atom. The molecule has 0 saturated heterocycles. The van der Waals surface area contributed by atoms with E-state index in [0.29, 0.717) is 30.8 Å². The van der Waals surface area contributed by atoms with Gasteiger partial charge < -0.3 is 9.47 Å². The Balaban J connectivity index is 1.85. The first-order valence-corrected chi connectivity index (χ1v) is 8.72. The lowest BCUT2D eigenvalue weighted by atomic mass is 10.1. The maximum absolute atomic E-state index is 13.8. The normalized spacial score (nSPS) is 15.1. The summed E-state index contributed by atoms with van der Waals surface area (Å²) < 4.78 is 64.8. The Kier molecular flexibility index (Phi) is 4.42. The second-order valence-corrected chi connectivity index (χ2v) is 7.03. The largest absolute Gasteiger partial charge is 0.486 e. The van der Waals surface area contributed by atoms with Crippen LogP contribution in [0.2, 0.25) is 0 Å². The minimum atomic E-state index is -3.91. The molecule has 1 aliphatic rings. The number of halogens is 2. The average molecular weight is 355 g/mol. The van der Waals surface area contributed by atoms with E-state index < -0.39 is 27.7 Å². The molecule has 0 bridgehead atoms. The van der Waals surface area contributed by atoms with Gasteiger partial charge in [-0.25, -0.2) is 21.9 Å². The summed E-state index contributed by atoms with van der Waals surface area (Å²) in [5, 5.41) is 0. The Bertz CT molecular complexity index is 870. The van der Waals surface area contributed by atoms with E-state index in [-0.39, 0.29) is 10.5 Å². The van der Waals surface area contributed by atoms with Crippen molar-refractivity contribution in [2.45, 2.75) is 17.9 Å². The van der Waals surface area contributed by atoms with Crippen molar-refractivity contribution in [3.05, 3.63) is 53.6 Å². The van der Waals surface area contributed by atoms with Gasteiger partial charge in [-0.3, -0.25) is 0 Å². The summed E-state index contributed by atoms with van der Waals surface area (Å²) in [4.78, 5) is -0.0267. The van der Waals surface area contributed by atoms with Crippen LogP contribution >= 0.6 is 0 Å². The van der Waals surface area contributed by atoms with E-state index in [1.807, 2.05) is 0 Å². The van der Waals surface area contributed by atoms with Crippen LogP contribution in [0, 0.1) is 11.6 Å². The van der Waals surface area contributed by atoms with Gasteiger partial charge in [0.05, 0.1) is 4.90 Å². The number of nitrogens with one attached hydrogen (secondary N) is 1. The molecule has 24 heavy (non-hydrogen) atoms. The van der Waals surface area contributed by atoms with Crippen LogP contribution in [0.25, 0.3) is 0 Å². The Hall–Kier alpha value is -2.19. The van der Waals surface area contributed by atoms with Gasteiger partial charge in [-0.1, -0.05) is 6.07 Å². The van der Waals surface area contributed by atoms with E-state index in [4.69, 9.17) is 9.47 Å². The third-order valence-electron chi connectivity index (χ3n) is 3.58. The number of rotatable bonds is 4. The molecule has 1 atom stereocenters. The summed E-state index contributed by atoms with van der Waals surface area (Å²) in [6, 6.07) is 6.36. The Labute approximate surface area is 138 Å². The molecule has 0 amide bonds. The molecule has 8 heteroatoms. The summed E-state index contributed by atoms with van der Waals surface area (Å²) in [6.07, 6.45) is 0. The van der Waals surface area contributed by atoms with Gasteiger partial charge in [0.2, 0.25) is 10.0 Å². The van der Waals surface area contributed by atoms with Crippen LogP contribution in [0.3, 0.4) is 0 Å². The van der Waals surface area contributed by atoms with E-state index in [1.54, 1.807) is 0 Å². The first kappa shape index (κ1) is 16.7. The molecule has 5 nitrogen and oxygen atoms in total. The van der Waals surface area contributed by atoms with Gasteiger partial charge in [-0.2, -0.15) is 0 Å². The molecule has 0 spiro atoms. The van der Waals surface area contributed by atoms with Crippen LogP contribution in [0.4, 0.5) is 8.78 Å². The van der Waals surface area contributed by atoms with Gasteiger partial charge in [0, 0.05) is 23.7 Å². The summed E-state index contributed by atoms with van der Waals surface area (Å²) >= 11 is 0. The summed E-state index contributed by atoms with van der Waals surface area (Å²) in [5.41, 5.74) is 0.0533. The van der Waals surface area contributed by atoms with Crippen molar-refractivity contribution in [3.8, 4) is 11.5 Å². The maximum Gasteiger partial charge on any atom is 0.241 e. The van der Waals surface area contributed by atoms with Crippen molar-refractivity contribution in [3.63, 3.8) is 0 Å². The van der Waals surface area contributed by atoms with Gasteiger partial charge in [0.25, 0.3) is 0 Å². The zero-order valence-corrected chi connectivity index (χ0v) is 13.6. The molecule has 1 aliphatic heterocycles. The van der Waals surface area contributed by atoms with Crippen molar-refractivity contribution in [2.75, 3.05) is 13.2 Å². The van der Waals surface area contributed by atoms with E-state index in [9.17, 15) is 17.2 Å². The highest BCUT2D eigenvalue weighted by Crippen LogP contribution is 2.32. The highest BCUT2D eigenvalue weighted by Gasteiger charge is 2.23. The fraction of sp³-hybridized carbons (Fsp3) is 0.250. The quantitative estimate of drug-likeness (QED) is 0.916. The first-order valence-electron chi connectivity index (χ1n) is 7.24. The van der Waals surface area contributed by atoms with E-state index in [1.165, 1.54) is 31.2 Å². The van der Waals surface area contributed by atoms with Gasteiger partial charge in [0.1, 0.15) is 24.8 Å². The average Bonchev–Trinajstić information content (AvgIpc) is 2.53. The molecule has 0 fully saturated rings. The number of fused-ring (bicyclic) bond motifs is 1. The second kappa shape index (κ2) is 6.37. The molecule has 2 aromatic rings. The molecule has 0 unspecified atom stereocenters. The van der Waals surface area contributed by atoms with Crippen molar-refractivity contribution < 1.29 is 26.7 Å². The van der Waals surface area contributed by atoms with Gasteiger partial charge in [-0.15, -0.1) is 0 Å². The van der Waals surface area contributed by atoms with Crippen molar-refractivity contribution in [1.82, 2.24) is 4.72 Å². The van der Waals surface area contributed by atoms with Crippen LogP contribution < -0.4 is 14.2 Å². The number of hydrogen-bond acceptors (Lipinski definition) is 4. The molecule has 0 aromatic heterocycles. The second-order valence-electron chi connectivity index (χ2n) is 5.31. The van der Waals surface area contributed by atoms with Crippen LogP contribution in [0.15, 0.2) is 41.3 Å². The first-order chi connectivity index (χ1) is 11.4. The third-order valence-corrected chi connectivity index (χ3v) is 5.12. The lowest BCUT2D eigenvalue weighted by Crippen LogP contribution is -2.27. The van der Waals surface area contributed by atoms with Gasteiger partial charge in [0.15, 0.2) is 11.5 Å². The lowest BCUT2D eigenvalue weighted by molar-refractivity contribution is 0.171. The standard InChI is InChI=1S/C16H15F2NO4S/c1-10(13-4-2-11(17)8-14(13)18)19-24(20,21)12-3-5-15-16(9-12)23-7-6-22-15/h2-5,8-10,19H,6-7H2,1H3/t10-/m1/s1. The zero-order valence-electron chi connectivity index (χ0n) is 12.8. The molecule has 0 radical (unpaired) electrons. The number of hydrogen-bond donors (Lipinski definition) is 1.